The van der Waals surface area contributed by atoms with Crippen molar-refractivity contribution in [2.24, 2.45) is 0 Å². The number of nitrogens with one attached hydrogen (secondary N) is 1. The number of carbonyl (C=O) groups is 1. The van der Waals surface area contributed by atoms with Crippen molar-refractivity contribution in [2.45, 2.75) is 18.7 Å². The van der Waals surface area contributed by atoms with Crippen LogP contribution in [0.1, 0.15) is 6.42 Å². The highest BCUT2D eigenvalue weighted by atomic mass is 16.5. The first kappa shape index (κ1) is 23.2. The number of ether oxygens (including phenoxy) is 1. The van der Waals surface area contributed by atoms with E-state index < -0.39 is 24.8 Å². The summed E-state index contributed by atoms with van der Waals surface area (Å²) in [5, 5.41) is 31.6. The standard InChI is InChI=1S/C24H25N5O5/c25-22-21-19(16-6-8-18(9-7-16)34-17-4-2-1-3-5-17)12-29(23(21)27-15-26-22)13-20(32)28-24(33,14-31)10-11-30/h1-9,12,15,30-31,33H,10-11,13-14H2,(H,28,32)(H2,25,26,27). The molecule has 2 aromatic heterocycles. The predicted molar refractivity (Wildman–Crippen MR) is 126 cm³/mol. The maximum absolute atomic E-state index is 12.6. The molecule has 4 rings (SSSR count). The molecule has 0 radical (unpaired) electrons. The van der Waals surface area contributed by atoms with Gasteiger partial charge in [-0.15, -0.1) is 0 Å². The van der Waals surface area contributed by atoms with Gasteiger partial charge in [0, 0.05) is 24.8 Å². The molecule has 0 aliphatic carbocycles. The molecule has 6 N–H and O–H groups in total. The average molecular weight is 463 g/mol. The number of amides is 1. The second kappa shape index (κ2) is 9.87. The van der Waals surface area contributed by atoms with E-state index in [0.717, 1.165) is 16.9 Å². The molecule has 0 bridgehead atoms. The number of rotatable bonds is 9. The van der Waals surface area contributed by atoms with Gasteiger partial charge in [0.25, 0.3) is 0 Å². The van der Waals surface area contributed by atoms with Gasteiger partial charge in [0.05, 0.1) is 12.0 Å². The summed E-state index contributed by atoms with van der Waals surface area (Å²) in [5.74, 6) is 1.07. The summed E-state index contributed by atoms with van der Waals surface area (Å²) >= 11 is 0. The molecule has 0 saturated heterocycles. The molecule has 0 saturated carbocycles. The van der Waals surface area contributed by atoms with Gasteiger partial charge in [-0.05, 0) is 29.8 Å². The van der Waals surface area contributed by atoms with E-state index in [9.17, 15) is 15.0 Å². The van der Waals surface area contributed by atoms with Gasteiger partial charge in [-0.1, -0.05) is 30.3 Å². The van der Waals surface area contributed by atoms with E-state index in [1.54, 1.807) is 10.8 Å². The summed E-state index contributed by atoms with van der Waals surface area (Å²) in [6.45, 7) is -1.33. The Bertz CT molecular complexity index is 1280. The first-order valence-corrected chi connectivity index (χ1v) is 10.6. The minimum absolute atomic E-state index is 0.199. The highest BCUT2D eigenvalue weighted by Gasteiger charge is 2.28. The smallest absolute Gasteiger partial charge is 0.242 e. The third kappa shape index (κ3) is 4.99. The molecule has 0 fully saturated rings. The minimum Gasteiger partial charge on any atom is -0.457 e. The third-order valence-electron chi connectivity index (χ3n) is 5.30. The number of nitrogens with two attached hydrogens (primary N) is 1. The molecule has 176 valence electrons. The molecule has 2 aromatic carbocycles. The molecule has 0 spiro atoms. The number of aliphatic hydroxyl groups excluding tert-OH is 2. The zero-order valence-electron chi connectivity index (χ0n) is 18.3. The van der Waals surface area contributed by atoms with Crippen molar-refractivity contribution in [3.8, 4) is 22.6 Å². The fourth-order valence-electron chi connectivity index (χ4n) is 3.63. The second-order valence-electron chi connectivity index (χ2n) is 7.78. The molecule has 1 unspecified atom stereocenters. The Morgan fingerprint density at radius 2 is 1.76 bits per heavy atom. The van der Waals surface area contributed by atoms with Gasteiger partial charge in [-0.3, -0.25) is 4.79 Å². The van der Waals surface area contributed by atoms with E-state index in [-0.39, 0.29) is 18.8 Å². The number of benzene rings is 2. The van der Waals surface area contributed by atoms with Crippen molar-refractivity contribution in [1.82, 2.24) is 19.9 Å². The van der Waals surface area contributed by atoms with Crippen LogP contribution in [0.25, 0.3) is 22.2 Å². The molecule has 34 heavy (non-hydrogen) atoms. The van der Waals surface area contributed by atoms with Crippen molar-refractivity contribution >= 4 is 22.8 Å². The number of aromatic nitrogens is 3. The number of aliphatic hydroxyl groups is 3. The Morgan fingerprint density at radius 3 is 2.44 bits per heavy atom. The number of fused-ring (bicyclic) bond motifs is 1. The molecule has 1 amide bonds. The first-order chi connectivity index (χ1) is 16.4. The number of para-hydroxylation sites is 1. The van der Waals surface area contributed by atoms with Gasteiger partial charge in [-0.25, -0.2) is 9.97 Å². The maximum atomic E-state index is 12.6. The summed E-state index contributed by atoms with van der Waals surface area (Å²) in [7, 11) is 0. The average Bonchev–Trinajstić information content (AvgIpc) is 3.20. The quantitative estimate of drug-likeness (QED) is 0.235. The van der Waals surface area contributed by atoms with Gasteiger partial charge in [0.2, 0.25) is 5.91 Å². The van der Waals surface area contributed by atoms with Crippen LogP contribution < -0.4 is 15.8 Å². The van der Waals surface area contributed by atoms with Crippen LogP contribution >= 0.6 is 0 Å². The lowest BCUT2D eigenvalue weighted by Crippen LogP contribution is -2.52. The van der Waals surface area contributed by atoms with E-state index in [4.69, 9.17) is 15.6 Å². The van der Waals surface area contributed by atoms with E-state index >= 15 is 0 Å². The fourth-order valence-corrected chi connectivity index (χ4v) is 3.63. The molecule has 0 aliphatic heterocycles. The summed E-state index contributed by atoms with van der Waals surface area (Å²) in [5.41, 5.74) is 6.21. The molecule has 10 heteroatoms. The molecular formula is C24H25N5O5. The van der Waals surface area contributed by atoms with Crippen LogP contribution in [-0.4, -0.2) is 54.7 Å². The molecular weight excluding hydrogens is 438 g/mol. The minimum atomic E-state index is -1.92. The van der Waals surface area contributed by atoms with Gasteiger partial charge >= 0.3 is 0 Å². The lowest BCUT2D eigenvalue weighted by Gasteiger charge is -2.26. The fraction of sp³-hybridized carbons (Fsp3) is 0.208. The van der Waals surface area contributed by atoms with Crippen molar-refractivity contribution in [1.29, 1.82) is 0 Å². The van der Waals surface area contributed by atoms with Crippen molar-refractivity contribution in [3.05, 3.63) is 67.1 Å². The zero-order chi connectivity index (χ0) is 24.1. The van der Waals surface area contributed by atoms with Crippen LogP contribution in [0, 0.1) is 0 Å². The monoisotopic (exact) mass is 463 g/mol. The molecule has 10 nitrogen and oxygen atoms in total. The Morgan fingerprint density at radius 1 is 1.06 bits per heavy atom. The number of hydrogen-bond donors (Lipinski definition) is 5. The summed E-state index contributed by atoms with van der Waals surface area (Å²) in [4.78, 5) is 20.9. The second-order valence-corrected chi connectivity index (χ2v) is 7.78. The van der Waals surface area contributed by atoms with Crippen LogP contribution in [0.5, 0.6) is 11.5 Å². The van der Waals surface area contributed by atoms with Crippen LogP contribution in [0.2, 0.25) is 0 Å². The highest BCUT2D eigenvalue weighted by molar-refractivity contribution is 6.01. The number of nitrogens with zero attached hydrogens (tertiary/aromatic N) is 3. The number of carbonyl (C=O) groups excluding carboxylic acids is 1. The normalized spacial score (nSPS) is 12.9. The maximum Gasteiger partial charge on any atom is 0.242 e. The lowest BCUT2D eigenvalue weighted by atomic mass is 10.1. The van der Waals surface area contributed by atoms with Gasteiger partial charge in [-0.2, -0.15) is 0 Å². The summed E-state index contributed by atoms with van der Waals surface area (Å²) in [6, 6.07) is 16.8. The number of nitrogen functional groups attached to an aromatic ring is 1. The van der Waals surface area contributed by atoms with E-state index in [1.807, 2.05) is 54.6 Å². The van der Waals surface area contributed by atoms with Crippen molar-refractivity contribution in [3.63, 3.8) is 0 Å². The molecule has 1 atom stereocenters. The Balaban J connectivity index is 1.62. The SMILES string of the molecule is Nc1ncnc2c1c(-c1ccc(Oc3ccccc3)cc1)cn2CC(=O)NC(O)(CO)CCO. The third-order valence-corrected chi connectivity index (χ3v) is 5.30. The lowest BCUT2D eigenvalue weighted by molar-refractivity contribution is -0.133. The predicted octanol–water partition coefficient (Wildman–Crippen LogP) is 1.65. The van der Waals surface area contributed by atoms with E-state index in [2.05, 4.69) is 15.3 Å². The van der Waals surface area contributed by atoms with Gasteiger partial charge in [0.15, 0.2) is 5.72 Å². The van der Waals surface area contributed by atoms with Crippen LogP contribution in [0.4, 0.5) is 5.82 Å². The summed E-state index contributed by atoms with van der Waals surface area (Å²) < 4.78 is 7.43. The largest absolute Gasteiger partial charge is 0.457 e. The topological polar surface area (TPSA) is 156 Å². The van der Waals surface area contributed by atoms with Gasteiger partial charge in [0.1, 0.15) is 35.8 Å². The Labute approximate surface area is 195 Å². The van der Waals surface area contributed by atoms with Crippen LogP contribution in [0.15, 0.2) is 67.1 Å². The molecule has 0 aliphatic rings. The van der Waals surface area contributed by atoms with E-state index in [1.165, 1.54) is 6.33 Å². The van der Waals surface area contributed by atoms with E-state index in [0.29, 0.717) is 16.8 Å². The molecule has 2 heterocycles. The van der Waals surface area contributed by atoms with Crippen molar-refractivity contribution in [2.75, 3.05) is 18.9 Å². The Hall–Kier alpha value is -3.99. The Kier molecular flexibility index (Phi) is 6.73. The van der Waals surface area contributed by atoms with Crippen LogP contribution in [0.3, 0.4) is 0 Å². The van der Waals surface area contributed by atoms with Crippen LogP contribution in [-0.2, 0) is 11.3 Å². The molecule has 4 aromatic rings. The van der Waals surface area contributed by atoms with Gasteiger partial charge < -0.3 is 35.7 Å². The number of anilines is 1. The number of hydrogen-bond acceptors (Lipinski definition) is 8. The first-order valence-electron chi connectivity index (χ1n) is 10.6. The summed E-state index contributed by atoms with van der Waals surface area (Å²) in [6.07, 6.45) is 2.83. The van der Waals surface area contributed by atoms with Crippen molar-refractivity contribution < 1.29 is 24.9 Å². The highest BCUT2D eigenvalue weighted by Crippen LogP contribution is 2.34. The zero-order valence-corrected chi connectivity index (χ0v) is 18.3.